The van der Waals surface area contributed by atoms with E-state index in [0.717, 1.165) is 17.8 Å². The van der Waals surface area contributed by atoms with Crippen LogP contribution in [0.5, 0.6) is 0 Å². The van der Waals surface area contributed by atoms with E-state index in [1.54, 1.807) is 0 Å². The number of hydrogen-bond acceptors (Lipinski definition) is 0. The molecule has 0 aliphatic heterocycles. The molecule has 0 bridgehead atoms. The summed E-state index contributed by atoms with van der Waals surface area (Å²) in [4.78, 5) is 0. The summed E-state index contributed by atoms with van der Waals surface area (Å²) in [6, 6.07) is 0. The summed E-state index contributed by atoms with van der Waals surface area (Å²) in [6.07, 6.45) is 8.90. The molecule has 11 heavy (non-hydrogen) atoms. The molecule has 0 N–H and O–H groups in total. The molecule has 1 aliphatic rings. The molecule has 0 spiro atoms. The van der Waals surface area contributed by atoms with E-state index in [9.17, 15) is 0 Å². The van der Waals surface area contributed by atoms with Crippen LogP contribution in [0, 0.1) is 17.8 Å². The third-order valence-corrected chi connectivity index (χ3v) is 3.02. The minimum atomic E-state index is 0.836. The van der Waals surface area contributed by atoms with Crippen molar-refractivity contribution in [2.24, 2.45) is 17.8 Å². The van der Waals surface area contributed by atoms with Crippen molar-refractivity contribution in [3.05, 3.63) is 12.2 Å². The molecule has 0 saturated carbocycles. The molecular formula is C11H20. The highest BCUT2D eigenvalue weighted by atomic mass is 14.2. The Balaban J connectivity index is 2.45. The molecule has 1 aliphatic carbocycles. The van der Waals surface area contributed by atoms with Gasteiger partial charge in [0.25, 0.3) is 0 Å². The largest absolute Gasteiger partial charge is 0.0882 e. The summed E-state index contributed by atoms with van der Waals surface area (Å²) in [5, 5.41) is 0. The Morgan fingerprint density at radius 2 is 2.00 bits per heavy atom. The van der Waals surface area contributed by atoms with Gasteiger partial charge in [-0.1, -0.05) is 32.9 Å². The summed E-state index contributed by atoms with van der Waals surface area (Å²) < 4.78 is 0. The summed E-state index contributed by atoms with van der Waals surface area (Å²) >= 11 is 0. The molecule has 2 atom stereocenters. The maximum atomic E-state index is 2.42. The zero-order valence-electron chi connectivity index (χ0n) is 8.01. The maximum absolute atomic E-state index is 2.42. The molecule has 2 unspecified atom stereocenters. The van der Waals surface area contributed by atoms with Crippen LogP contribution in [0.15, 0.2) is 12.2 Å². The third kappa shape index (κ3) is 2.36. The second-order valence-electron chi connectivity index (χ2n) is 4.13. The van der Waals surface area contributed by atoms with Gasteiger partial charge in [-0.05, 0) is 37.0 Å². The summed E-state index contributed by atoms with van der Waals surface area (Å²) in [7, 11) is 0. The molecular weight excluding hydrogens is 132 g/mol. The van der Waals surface area contributed by atoms with Crippen molar-refractivity contribution in [2.75, 3.05) is 0 Å². The molecule has 0 amide bonds. The highest BCUT2D eigenvalue weighted by Crippen LogP contribution is 2.28. The van der Waals surface area contributed by atoms with Crippen molar-refractivity contribution in [1.29, 1.82) is 0 Å². The van der Waals surface area contributed by atoms with Crippen LogP contribution in [-0.4, -0.2) is 0 Å². The lowest BCUT2D eigenvalue weighted by molar-refractivity contribution is 0.299. The topological polar surface area (TPSA) is 0 Å². The van der Waals surface area contributed by atoms with Crippen LogP contribution in [0.4, 0.5) is 0 Å². The Labute approximate surface area is 70.7 Å². The Bertz CT molecular complexity index is 133. The van der Waals surface area contributed by atoms with Gasteiger partial charge in [0.05, 0.1) is 0 Å². The molecule has 0 aromatic heterocycles. The van der Waals surface area contributed by atoms with Crippen molar-refractivity contribution in [1.82, 2.24) is 0 Å². The van der Waals surface area contributed by atoms with Gasteiger partial charge in [-0.2, -0.15) is 0 Å². The van der Waals surface area contributed by atoms with E-state index in [2.05, 4.69) is 32.9 Å². The van der Waals surface area contributed by atoms with Gasteiger partial charge < -0.3 is 0 Å². The van der Waals surface area contributed by atoms with E-state index in [0.29, 0.717) is 0 Å². The summed E-state index contributed by atoms with van der Waals surface area (Å²) in [5.41, 5.74) is 0. The van der Waals surface area contributed by atoms with Gasteiger partial charge in [-0.15, -0.1) is 0 Å². The Hall–Kier alpha value is -0.260. The van der Waals surface area contributed by atoms with Crippen molar-refractivity contribution in [2.45, 2.75) is 40.0 Å². The normalized spacial score (nSPS) is 27.5. The lowest BCUT2D eigenvalue weighted by atomic mass is 9.80. The van der Waals surface area contributed by atoms with Crippen LogP contribution in [0.2, 0.25) is 0 Å². The Morgan fingerprint density at radius 1 is 1.27 bits per heavy atom. The van der Waals surface area contributed by atoms with Crippen LogP contribution in [0.3, 0.4) is 0 Å². The monoisotopic (exact) mass is 152 g/mol. The Kier molecular flexibility index (Phi) is 3.16. The minimum Gasteiger partial charge on any atom is -0.0882 e. The van der Waals surface area contributed by atoms with Gasteiger partial charge in [0.1, 0.15) is 0 Å². The van der Waals surface area contributed by atoms with Crippen molar-refractivity contribution in [3.63, 3.8) is 0 Å². The molecule has 0 saturated heterocycles. The molecule has 0 fully saturated rings. The minimum absolute atomic E-state index is 0.836. The molecule has 64 valence electrons. The van der Waals surface area contributed by atoms with Gasteiger partial charge >= 0.3 is 0 Å². The van der Waals surface area contributed by atoms with E-state index in [-0.39, 0.29) is 0 Å². The second kappa shape index (κ2) is 3.94. The van der Waals surface area contributed by atoms with Crippen LogP contribution in [-0.2, 0) is 0 Å². The zero-order valence-corrected chi connectivity index (χ0v) is 8.01. The number of allylic oxidation sites excluding steroid dienone is 2. The molecule has 1 rings (SSSR count). The maximum Gasteiger partial charge on any atom is -0.0205 e. The lowest BCUT2D eigenvalue weighted by Gasteiger charge is -2.26. The smallest absolute Gasteiger partial charge is 0.0205 e. The van der Waals surface area contributed by atoms with E-state index >= 15 is 0 Å². The van der Waals surface area contributed by atoms with Crippen LogP contribution in [0.25, 0.3) is 0 Å². The van der Waals surface area contributed by atoms with E-state index < -0.39 is 0 Å². The zero-order chi connectivity index (χ0) is 8.27. The van der Waals surface area contributed by atoms with Gasteiger partial charge in [0.15, 0.2) is 0 Å². The van der Waals surface area contributed by atoms with Gasteiger partial charge in [0, 0.05) is 0 Å². The lowest BCUT2D eigenvalue weighted by Crippen LogP contribution is -2.16. The van der Waals surface area contributed by atoms with Gasteiger partial charge in [-0.3, -0.25) is 0 Å². The van der Waals surface area contributed by atoms with Crippen LogP contribution in [0.1, 0.15) is 40.0 Å². The van der Waals surface area contributed by atoms with Crippen molar-refractivity contribution < 1.29 is 0 Å². The second-order valence-corrected chi connectivity index (χ2v) is 4.13. The van der Waals surface area contributed by atoms with Crippen molar-refractivity contribution in [3.8, 4) is 0 Å². The average Bonchev–Trinajstić information content (AvgIpc) is 2.05. The van der Waals surface area contributed by atoms with Gasteiger partial charge in [-0.25, -0.2) is 0 Å². The predicted octanol–water partition coefficient (Wildman–Crippen LogP) is 3.63. The fourth-order valence-electron chi connectivity index (χ4n) is 1.77. The first-order chi connectivity index (χ1) is 5.22. The molecule has 0 radical (unpaired) electrons. The summed E-state index contributed by atoms with van der Waals surface area (Å²) in [5.74, 6) is 2.57. The molecule has 0 nitrogen and oxygen atoms in total. The van der Waals surface area contributed by atoms with Crippen molar-refractivity contribution >= 4 is 0 Å². The molecule has 0 aromatic rings. The van der Waals surface area contributed by atoms with Crippen LogP contribution >= 0.6 is 0 Å². The number of rotatable bonds is 2. The first kappa shape index (κ1) is 8.83. The third-order valence-electron chi connectivity index (χ3n) is 3.02. The highest BCUT2D eigenvalue weighted by Gasteiger charge is 2.18. The SMILES string of the molecule is CC(C)C(C)C1C=CCCC1. The quantitative estimate of drug-likeness (QED) is 0.530. The Morgan fingerprint density at radius 3 is 2.45 bits per heavy atom. The van der Waals surface area contributed by atoms with Crippen LogP contribution < -0.4 is 0 Å². The highest BCUT2D eigenvalue weighted by molar-refractivity contribution is 4.95. The number of hydrogen-bond donors (Lipinski definition) is 0. The van der Waals surface area contributed by atoms with Gasteiger partial charge in [0.2, 0.25) is 0 Å². The fourth-order valence-corrected chi connectivity index (χ4v) is 1.77. The molecule has 0 heteroatoms. The van der Waals surface area contributed by atoms with E-state index in [4.69, 9.17) is 0 Å². The fraction of sp³-hybridized carbons (Fsp3) is 0.818. The molecule has 0 aromatic carbocycles. The first-order valence-corrected chi connectivity index (χ1v) is 4.88. The molecule has 0 heterocycles. The van der Waals surface area contributed by atoms with E-state index in [1.807, 2.05) is 0 Å². The summed E-state index contributed by atoms with van der Waals surface area (Å²) in [6.45, 7) is 7.03. The first-order valence-electron chi connectivity index (χ1n) is 4.88. The predicted molar refractivity (Wildman–Crippen MR) is 50.5 cm³/mol. The standard InChI is InChI=1S/C11H20/c1-9(2)10(3)11-7-5-4-6-8-11/h5,7,9-11H,4,6,8H2,1-3H3. The van der Waals surface area contributed by atoms with E-state index in [1.165, 1.54) is 19.3 Å². The average molecular weight is 152 g/mol.